The molecule has 2 aromatic heterocycles. The molecule has 0 radical (unpaired) electrons. The molecule has 0 aliphatic rings. The zero-order chi connectivity index (χ0) is 28.0. The number of thioether (sulfide) groups is 1. The van der Waals surface area contributed by atoms with Crippen LogP contribution in [0, 0.1) is 10.1 Å². The number of hydrogen-bond acceptors (Lipinski definition) is 11. The summed E-state index contributed by atoms with van der Waals surface area (Å²) in [5, 5.41) is 22.4. The van der Waals surface area contributed by atoms with Gasteiger partial charge in [0.2, 0.25) is 5.75 Å². The number of nitro groups is 1. The number of thiazole rings is 1. The molecule has 0 saturated carbocycles. The predicted molar refractivity (Wildman–Crippen MR) is 145 cm³/mol. The van der Waals surface area contributed by atoms with Gasteiger partial charge in [-0.15, -0.1) is 11.3 Å². The number of rotatable bonds is 14. The lowest BCUT2D eigenvalue weighted by Gasteiger charge is -2.28. The Bertz CT molecular complexity index is 1290. The van der Waals surface area contributed by atoms with E-state index in [-0.39, 0.29) is 12.3 Å². The van der Waals surface area contributed by atoms with E-state index in [9.17, 15) is 20.0 Å². The topological polar surface area (TPSA) is 137 Å². The molecule has 11 nitrogen and oxygen atoms in total. The fraction of sp³-hybridized carbons (Fsp3) is 0.360. The molecular weight excluding hydrogens is 534 g/mol. The lowest BCUT2D eigenvalue weighted by Crippen LogP contribution is -2.27. The van der Waals surface area contributed by atoms with Crippen LogP contribution in [0.5, 0.6) is 17.2 Å². The monoisotopic (exact) mass is 563 g/mol. The number of carboxylic acids is 1. The molecule has 0 amide bonds. The van der Waals surface area contributed by atoms with Gasteiger partial charge in [-0.1, -0.05) is 18.3 Å². The Kier molecular flexibility index (Phi) is 9.28. The Morgan fingerprint density at radius 1 is 1.24 bits per heavy atom. The highest BCUT2D eigenvalue weighted by Gasteiger charge is 2.30. The third kappa shape index (κ3) is 6.78. The second-order valence-electron chi connectivity index (χ2n) is 8.55. The van der Waals surface area contributed by atoms with Crippen LogP contribution in [0.15, 0.2) is 50.7 Å². The molecule has 13 heteroatoms. The molecule has 38 heavy (non-hydrogen) atoms. The first-order valence-electron chi connectivity index (χ1n) is 11.3. The molecule has 0 fully saturated rings. The quantitative estimate of drug-likeness (QED) is 0.153. The van der Waals surface area contributed by atoms with Crippen LogP contribution in [-0.4, -0.2) is 53.6 Å². The van der Waals surface area contributed by atoms with Crippen LogP contribution >= 0.6 is 23.1 Å². The van der Waals surface area contributed by atoms with Crippen molar-refractivity contribution in [3.05, 3.63) is 63.5 Å². The van der Waals surface area contributed by atoms with E-state index in [0.717, 1.165) is 5.69 Å². The van der Waals surface area contributed by atoms with Crippen LogP contribution < -0.4 is 19.1 Å². The van der Waals surface area contributed by atoms with E-state index >= 15 is 0 Å². The van der Waals surface area contributed by atoms with Crippen molar-refractivity contribution in [2.45, 2.75) is 35.8 Å². The van der Waals surface area contributed by atoms with Crippen molar-refractivity contribution in [1.82, 2.24) is 4.98 Å². The largest absolute Gasteiger partial charge is 0.493 e. The molecule has 0 bridgehead atoms. The molecule has 0 spiro atoms. The van der Waals surface area contributed by atoms with Crippen molar-refractivity contribution < 1.29 is 33.5 Å². The average molecular weight is 564 g/mol. The maximum atomic E-state index is 11.5. The highest BCUT2D eigenvalue weighted by atomic mass is 32.2. The number of benzene rings is 1. The van der Waals surface area contributed by atoms with E-state index in [2.05, 4.69) is 11.6 Å². The minimum absolute atomic E-state index is 0.218. The molecular formula is C25H29N3O8S2. The standard InChI is InChI=1S/C25H29N3O8S2/c1-15(11-18-7-8-21(36-18)28(31)32)27(17-12-19(33-4)22(35-6)20(13-17)34-5)10-9-16-14-37-24(26-16)38-25(2,3)23(29)30/h7-8,12-14H,1,9-11H2,2-6H3,(H,29,30). The van der Waals surface area contributed by atoms with Crippen LogP contribution in [0.3, 0.4) is 0 Å². The first-order chi connectivity index (χ1) is 18.0. The number of aromatic nitrogens is 1. The summed E-state index contributed by atoms with van der Waals surface area (Å²) in [6.07, 6.45) is 0.730. The van der Waals surface area contributed by atoms with E-state index in [1.807, 2.05) is 10.3 Å². The minimum atomic E-state index is -1.00. The molecule has 1 N–H and O–H groups in total. The fourth-order valence-electron chi connectivity index (χ4n) is 3.49. The van der Waals surface area contributed by atoms with Crippen molar-refractivity contribution >= 4 is 40.6 Å². The Morgan fingerprint density at radius 2 is 1.89 bits per heavy atom. The number of nitrogens with zero attached hydrogens (tertiary/aromatic N) is 3. The molecule has 0 unspecified atom stereocenters. The lowest BCUT2D eigenvalue weighted by molar-refractivity contribution is -0.402. The van der Waals surface area contributed by atoms with Gasteiger partial charge in [0.1, 0.15) is 15.4 Å². The Morgan fingerprint density at radius 3 is 2.42 bits per heavy atom. The number of carbonyl (C=O) groups is 1. The highest BCUT2D eigenvalue weighted by molar-refractivity contribution is 8.03. The molecule has 1 aromatic carbocycles. The summed E-state index contributed by atoms with van der Waals surface area (Å²) in [4.78, 5) is 28.5. The van der Waals surface area contributed by atoms with Gasteiger partial charge < -0.3 is 28.6 Å². The number of aliphatic carboxylic acids is 1. The number of hydrogen-bond donors (Lipinski definition) is 1. The number of allylic oxidation sites excluding steroid dienone is 1. The summed E-state index contributed by atoms with van der Waals surface area (Å²) in [7, 11) is 4.56. The number of ether oxygens (including phenoxy) is 3. The van der Waals surface area contributed by atoms with Gasteiger partial charge in [-0.3, -0.25) is 14.9 Å². The number of carboxylic acid groups (broad SMARTS) is 1. The summed E-state index contributed by atoms with van der Waals surface area (Å²) in [5.74, 6) is 0.481. The van der Waals surface area contributed by atoms with Gasteiger partial charge in [0.15, 0.2) is 15.8 Å². The SMILES string of the molecule is C=C(Cc1ccc([N+](=O)[O-])o1)N(CCc1csc(SC(C)(C)C(=O)O)n1)c1cc(OC)c(OC)c(OC)c1. The van der Waals surface area contributed by atoms with E-state index < -0.39 is 15.6 Å². The van der Waals surface area contributed by atoms with Crippen molar-refractivity contribution in [2.24, 2.45) is 0 Å². The summed E-state index contributed by atoms with van der Waals surface area (Å²) in [6.45, 7) is 7.93. The van der Waals surface area contributed by atoms with Crippen molar-refractivity contribution in [3.63, 3.8) is 0 Å². The predicted octanol–water partition coefficient (Wildman–Crippen LogP) is 5.43. The van der Waals surface area contributed by atoms with Gasteiger partial charge in [0.25, 0.3) is 0 Å². The molecule has 0 aliphatic heterocycles. The maximum absolute atomic E-state index is 11.5. The third-order valence-electron chi connectivity index (χ3n) is 5.53. The molecule has 0 atom stereocenters. The Labute approximate surface area is 228 Å². The van der Waals surface area contributed by atoms with Crippen LogP contribution in [0.2, 0.25) is 0 Å². The van der Waals surface area contributed by atoms with Gasteiger partial charge in [-0.05, 0) is 19.9 Å². The number of anilines is 1. The average Bonchev–Trinajstić information content (AvgIpc) is 3.52. The second kappa shape index (κ2) is 12.2. The van der Waals surface area contributed by atoms with E-state index in [4.69, 9.17) is 18.6 Å². The number of furan rings is 1. The van der Waals surface area contributed by atoms with E-state index in [1.54, 1.807) is 32.0 Å². The van der Waals surface area contributed by atoms with Gasteiger partial charge in [0.05, 0.1) is 33.1 Å². The van der Waals surface area contributed by atoms with Gasteiger partial charge in [-0.2, -0.15) is 0 Å². The summed E-state index contributed by atoms with van der Waals surface area (Å²) >= 11 is 2.58. The normalized spacial score (nSPS) is 11.2. The maximum Gasteiger partial charge on any atom is 0.433 e. The summed E-state index contributed by atoms with van der Waals surface area (Å²) < 4.78 is 21.5. The summed E-state index contributed by atoms with van der Waals surface area (Å²) in [5.41, 5.74) is 2.10. The van der Waals surface area contributed by atoms with Crippen LogP contribution in [0.25, 0.3) is 0 Å². The molecule has 0 aliphatic carbocycles. The highest BCUT2D eigenvalue weighted by Crippen LogP contribution is 2.42. The van der Waals surface area contributed by atoms with Crippen LogP contribution in [0.4, 0.5) is 11.6 Å². The molecule has 2 heterocycles. The van der Waals surface area contributed by atoms with Crippen molar-refractivity contribution in [1.29, 1.82) is 0 Å². The third-order valence-corrected chi connectivity index (χ3v) is 7.70. The molecule has 204 valence electrons. The zero-order valence-electron chi connectivity index (χ0n) is 21.7. The van der Waals surface area contributed by atoms with Gasteiger partial charge >= 0.3 is 11.9 Å². The lowest BCUT2D eigenvalue weighted by atomic mass is 10.1. The Hall–Kier alpha value is -3.71. The molecule has 3 rings (SSSR count). The number of methoxy groups -OCH3 is 3. The second-order valence-corrected chi connectivity index (χ2v) is 11.3. The smallest absolute Gasteiger partial charge is 0.433 e. The first kappa shape index (κ1) is 28.9. The minimum Gasteiger partial charge on any atom is -0.493 e. The molecule has 0 saturated heterocycles. The van der Waals surface area contributed by atoms with Crippen LogP contribution in [-0.2, 0) is 17.6 Å². The van der Waals surface area contributed by atoms with Crippen molar-refractivity contribution in [2.75, 3.05) is 32.8 Å². The van der Waals surface area contributed by atoms with E-state index in [1.165, 1.54) is 50.5 Å². The van der Waals surface area contributed by atoms with E-state index in [0.29, 0.717) is 51.7 Å². The van der Waals surface area contributed by atoms with Crippen LogP contribution in [0.1, 0.15) is 25.3 Å². The fourth-order valence-corrected chi connectivity index (χ4v) is 5.71. The molecule has 3 aromatic rings. The Balaban J connectivity index is 1.89. The summed E-state index contributed by atoms with van der Waals surface area (Å²) in [6, 6.07) is 6.42. The zero-order valence-corrected chi connectivity index (χ0v) is 23.3. The van der Waals surface area contributed by atoms with Gasteiger partial charge in [-0.25, -0.2) is 4.98 Å². The van der Waals surface area contributed by atoms with Crippen molar-refractivity contribution in [3.8, 4) is 17.2 Å². The van der Waals surface area contributed by atoms with Gasteiger partial charge in [0, 0.05) is 48.3 Å². The first-order valence-corrected chi connectivity index (χ1v) is 13.0.